The van der Waals surface area contributed by atoms with Gasteiger partial charge in [-0.25, -0.2) is 0 Å². The molecule has 1 aromatic heterocycles. The monoisotopic (exact) mass is 195 g/mol. The maximum atomic E-state index is 4.32. The largest absolute Gasteiger partial charge is 0.317 e. The summed E-state index contributed by atoms with van der Waals surface area (Å²) in [5, 5.41) is 7.72. The first-order valence-corrected chi connectivity index (χ1v) is 5.44. The van der Waals surface area contributed by atoms with Gasteiger partial charge in [0.25, 0.3) is 0 Å². The lowest BCUT2D eigenvalue weighted by molar-refractivity contribution is 0.617. The van der Waals surface area contributed by atoms with E-state index in [-0.39, 0.29) is 0 Å². The number of aryl methyl sites for hydroxylation is 3. The van der Waals surface area contributed by atoms with Crippen molar-refractivity contribution in [3.63, 3.8) is 0 Å². The summed E-state index contributed by atoms with van der Waals surface area (Å²) in [7, 11) is 2.02. The smallest absolute Gasteiger partial charge is 0.0596 e. The molecule has 1 aromatic rings. The molecule has 0 aliphatic rings. The van der Waals surface area contributed by atoms with Gasteiger partial charge < -0.3 is 5.32 Å². The molecule has 0 unspecified atom stereocenters. The van der Waals surface area contributed by atoms with Crippen LogP contribution in [0.15, 0.2) is 6.07 Å². The highest BCUT2D eigenvalue weighted by Crippen LogP contribution is 2.04. The highest BCUT2D eigenvalue weighted by molar-refractivity contribution is 5.08. The molecule has 0 aliphatic heterocycles. The van der Waals surface area contributed by atoms with Crippen LogP contribution < -0.4 is 5.32 Å². The van der Waals surface area contributed by atoms with Gasteiger partial charge in [-0.15, -0.1) is 0 Å². The zero-order valence-electron chi connectivity index (χ0n) is 9.51. The molecule has 0 aliphatic carbocycles. The van der Waals surface area contributed by atoms with Crippen LogP contribution in [0.1, 0.15) is 31.2 Å². The van der Waals surface area contributed by atoms with E-state index in [1.165, 1.54) is 18.5 Å². The Morgan fingerprint density at radius 1 is 1.43 bits per heavy atom. The molecule has 0 saturated heterocycles. The molecular weight excluding hydrogens is 174 g/mol. The average Bonchev–Trinajstić information content (AvgIpc) is 2.45. The minimum absolute atomic E-state index is 1.11. The van der Waals surface area contributed by atoms with E-state index in [1.54, 1.807) is 0 Å². The molecule has 0 amide bonds. The fourth-order valence-corrected chi connectivity index (χ4v) is 1.59. The van der Waals surface area contributed by atoms with E-state index in [9.17, 15) is 0 Å². The standard InChI is InChI=1S/C11H21N3/c1-4-7-12-8-5-6-11-9-10(2)13-14(11)3/h9,12H,4-8H2,1-3H3. The predicted molar refractivity (Wildman–Crippen MR) is 59.4 cm³/mol. The Kier molecular flexibility index (Phi) is 4.66. The Bertz CT molecular complexity index is 265. The maximum Gasteiger partial charge on any atom is 0.0596 e. The van der Waals surface area contributed by atoms with Crippen LogP contribution in [-0.2, 0) is 13.5 Å². The molecule has 0 atom stereocenters. The Hall–Kier alpha value is -0.830. The third-order valence-corrected chi connectivity index (χ3v) is 2.31. The van der Waals surface area contributed by atoms with Crippen LogP contribution >= 0.6 is 0 Å². The van der Waals surface area contributed by atoms with Crippen molar-refractivity contribution in [1.82, 2.24) is 15.1 Å². The molecule has 3 nitrogen and oxygen atoms in total. The van der Waals surface area contributed by atoms with Crippen LogP contribution in [-0.4, -0.2) is 22.9 Å². The molecular formula is C11H21N3. The van der Waals surface area contributed by atoms with Gasteiger partial charge >= 0.3 is 0 Å². The van der Waals surface area contributed by atoms with Crippen molar-refractivity contribution in [1.29, 1.82) is 0 Å². The molecule has 1 rings (SSSR count). The van der Waals surface area contributed by atoms with Gasteiger partial charge in [-0.3, -0.25) is 4.68 Å². The van der Waals surface area contributed by atoms with Gasteiger partial charge in [0, 0.05) is 12.7 Å². The molecule has 0 radical (unpaired) electrons. The lowest BCUT2D eigenvalue weighted by Crippen LogP contribution is -2.16. The van der Waals surface area contributed by atoms with Crippen molar-refractivity contribution >= 4 is 0 Å². The van der Waals surface area contributed by atoms with E-state index in [0.29, 0.717) is 0 Å². The van der Waals surface area contributed by atoms with Crippen molar-refractivity contribution in [2.45, 2.75) is 33.1 Å². The lowest BCUT2D eigenvalue weighted by atomic mass is 10.2. The van der Waals surface area contributed by atoms with Gasteiger partial charge in [-0.1, -0.05) is 6.92 Å². The Balaban J connectivity index is 2.21. The van der Waals surface area contributed by atoms with Gasteiger partial charge in [0.1, 0.15) is 0 Å². The number of nitrogens with zero attached hydrogens (tertiary/aromatic N) is 2. The summed E-state index contributed by atoms with van der Waals surface area (Å²) in [6.07, 6.45) is 3.53. The van der Waals surface area contributed by atoms with E-state index >= 15 is 0 Å². The number of rotatable bonds is 6. The van der Waals surface area contributed by atoms with Gasteiger partial charge in [0.2, 0.25) is 0 Å². The number of aromatic nitrogens is 2. The molecule has 0 bridgehead atoms. The summed E-state index contributed by atoms with van der Waals surface area (Å²) in [6, 6.07) is 2.17. The fourth-order valence-electron chi connectivity index (χ4n) is 1.59. The van der Waals surface area contributed by atoms with E-state index < -0.39 is 0 Å². The summed E-state index contributed by atoms with van der Waals surface area (Å²) in [5.41, 5.74) is 2.45. The third-order valence-electron chi connectivity index (χ3n) is 2.31. The quantitative estimate of drug-likeness (QED) is 0.700. The Labute approximate surface area is 86.5 Å². The van der Waals surface area contributed by atoms with Gasteiger partial charge in [-0.05, 0) is 45.3 Å². The summed E-state index contributed by atoms with van der Waals surface area (Å²) < 4.78 is 1.98. The number of hydrogen-bond acceptors (Lipinski definition) is 2. The SMILES string of the molecule is CCCNCCCc1cc(C)nn1C. The van der Waals surface area contributed by atoms with Crippen LogP contribution in [0.4, 0.5) is 0 Å². The first kappa shape index (κ1) is 11.2. The normalized spacial score (nSPS) is 10.8. The van der Waals surface area contributed by atoms with Crippen LogP contribution in [0.25, 0.3) is 0 Å². The van der Waals surface area contributed by atoms with E-state index in [0.717, 1.165) is 25.2 Å². The molecule has 0 saturated carbocycles. The third kappa shape index (κ3) is 3.50. The lowest BCUT2D eigenvalue weighted by Gasteiger charge is -2.03. The Morgan fingerprint density at radius 3 is 2.79 bits per heavy atom. The average molecular weight is 195 g/mol. The van der Waals surface area contributed by atoms with Crippen molar-refractivity contribution in [3.05, 3.63) is 17.5 Å². The predicted octanol–water partition coefficient (Wildman–Crippen LogP) is 1.66. The topological polar surface area (TPSA) is 29.9 Å². The van der Waals surface area contributed by atoms with E-state index in [4.69, 9.17) is 0 Å². The van der Waals surface area contributed by atoms with Crippen molar-refractivity contribution in [2.75, 3.05) is 13.1 Å². The first-order chi connectivity index (χ1) is 6.74. The first-order valence-electron chi connectivity index (χ1n) is 5.44. The zero-order chi connectivity index (χ0) is 10.4. The maximum absolute atomic E-state index is 4.32. The van der Waals surface area contributed by atoms with Gasteiger partial charge in [-0.2, -0.15) is 5.10 Å². The van der Waals surface area contributed by atoms with Crippen LogP contribution in [0.3, 0.4) is 0 Å². The number of hydrogen-bond donors (Lipinski definition) is 1. The van der Waals surface area contributed by atoms with Crippen molar-refractivity contribution < 1.29 is 0 Å². The van der Waals surface area contributed by atoms with Crippen LogP contribution in [0, 0.1) is 6.92 Å². The minimum Gasteiger partial charge on any atom is -0.317 e. The molecule has 3 heteroatoms. The van der Waals surface area contributed by atoms with Gasteiger partial charge in [0.15, 0.2) is 0 Å². The van der Waals surface area contributed by atoms with Crippen LogP contribution in [0.5, 0.6) is 0 Å². The molecule has 0 spiro atoms. The molecule has 0 fully saturated rings. The van der Waals surface area contributed by atoms with Crippen LogP contribution in [0.2, 0.25) is 0 Å². The minimum atomic E-state index is 1.11. The second-order valence-corrected chi connectivity index (χ2v) is 3.75. The van der Waals surface area contributed by atoms with E-state index in [1.807, 2.05) is 18.7 Å². The summed E-state index contributed by atoms with van der Waals surface area (Å²) in [6.45, 7) is 6.47. The molecule has 1 heterocycles. The highest BCUT2D eigenvalue weighted by atomic mass is 15.3. The number of nitrogens with one attached hydrogen (secondary N) is 1. The van der Waals surface area contributed by atoms with E-state index in [2.05, 4.69) is 23.4 Å². The second-order valence-electron chi connectivity index (χ2n) is 3.75. The van der Waals surface area contributed by atoms with Crippen molar-refractivity contribution in [2.24, 2.45) is 7.05 Å². The molecule has 14 heavy (non-hydrogen) atoms. The van der Waals surface area contributed by atoms with Gasteiger partial charge in [0.05, 0.1) is 5.69 Å². The fraction of sp³-hybridized carbons (Fsp3) is 0.727. The summed E-state index contributed by atoms with van der Waals surface area (Å²) >= 11 is 0. The van der Waals surface area contributed by atoms with Crippen molar-refractivity contribution in [3.8, 4) is 0 Å². The Morgan fingerprint density at radius 2 is 2.21 bits per heavy atom. The molecule has 0 aromatic carbocycles. The summed E-state index contributed by atoms with van der Waals surface area (Å²) in [4.78, 5) is 0. The zero-order valence-corrected chi connectivity index (χ0v) is 9.51. The highest BCUT2D eigenvalue weighted by Gasteiger charge is 2.00. The molecule has 1 N–H and O–H groups in total. The summed E-state index contributed by atoms with van der Waals surface area (Å²) in [5.74, 6) is 0. The second kappa shape index (κ2) is 5.81. The molecule has 80 valence electrons.